The van der Waals surface area contributed by atoms with Crippen molar-refractivity contribution >= 4 is 11.8 Å². The van der Waals surface area contributed by atoms with E-state index in [2.05, 4.69) is 42.8 Å². The summed E-state index contributed by atoms with van der Waals surface area (Å²) in [5.74, 6) is 0.553. The molecule has 0 bridgehead atoms. The molecule has 0 spiro atoms. The predicted octanol–water partition coefficient (Wildman–Crippen LogP) is 2.65. The quantitative estimate of drug-likeness (QED) is 0.748. The van der Waals surface area contributed by atoms with Crippen LogP contribution in [0.5, 0.6) is 0 Å². The van der Waals surface area contributed by atoms with Gasteiger partial charge < -0.3 is 11.1 Å². The third-order valence-electron chi connectivity index (χ3n) is 2.91. The average Bonchev–Trinajstić information content (AvgIpc) is 2.35. The molecular weight excluding hydrogens is 216 g/mol. The standard InChI is InChI=1S/C13H22N2S/c1-10(9-14)8-13(15-2)11-4-6-12(16-3)7-5-11/h4-7,10,13,15H,8-9,14H2,1-3H3. The maximum atomic E-state index is 5.67. The molecule has 1 rings (SSSR count). The van der Waals surface area contributed by atoms with Crippen LogP contribution in [0.1, 0.15) is 24.9 Å². The van der Waals surface area contributed by atoms with Gasteiger partial charge in [-0.2, -0.15) is 0 Å². The van der Waals surface area contributed by atoms with E-state index in [1.54, 1.807) is 11.8 Å². The van der Waals surface area contributed by atoms with Gasteiger partial charge in [0.2, 0.25) is 0 Å². The van der Waals surface area contributed by atoms with Crippen LogP contribution in [0.4, 0.5) is 0 Å². The van der Waals surface area contributed by atoms with Crippen molar-refractivity contribution in [3.05, 3.63) is 29.8 Å². The van der Waals surface area contributed by atoms with E-state index in [1.165, 1.54) is 10.5 Å². The summed E-state index contributed by atoms with van der Waals surface area (Å²) in [4.78, 5) is 1.31. The van der Waals surface area contributed by atoms with Crippen molar-refractivity contribution in [2.75, 3.05) is 19.8 Å². The smallest absolute Gasteiger partial charge is 0.0320 e. The second-order valence-corrected chi connectivity index (χ2v) is 5.07. The number of hydrogen-bond donors (Lipinski definition) is 2. The van der Waals surface area contributed by atoms with Gasteiger partial charge in [0.15, 0.2) is 0 Å². The Balaban J connectivity index is 2.70. The van der Waals surface area contributed by atoms with E-state index in [1.807, 2.05) is 7.05 Å². The zero-order valence-electron chi connectivity index (χ0n) is 10.4. The first kappa shape index (κ1) is 13.6. The summed E-state index contributed by atoms with van der Waals surface area (Å²) in [5, 5.41) is 3.36. The molecule has 2 unspecified atom stereocenters. The molecule has 2 nitrogen and oxygen atoms in total. The molecule has 1 aromatic rings. The van der Waals surface area contributed by atoms with E-state index in [-0.39, 0.29) is 0 Å². The minimum absolute atomic E-state index is 0.412. The third kappa shape index (κ3) is 3.81. The number of benzene rings is 1. The van der Waals surface area contributed by atoms with Gasteiger partial charge in [0.1, 0.15) is 0 Å². The molecular formula is C13H22N2S. The summed E-state index contributed by atoms with van der Waals surface area (Å²) < 4.78 is 0. The number of hydrogen-bond acceptors (Lipinski definition) is 3. The van der Waals surface area contributed by atoms with Gasteiger partial charge in [-0.1, -0.05) is 19.1 Å². The van der Waals surface area contributed by atoms with Crippen molar-refractivity contribution in [1.82, 2.24) is 5.32 Å². The van der Waals surface area contributed by atoms with Gasteiger partial charge in [-0.3, -0.25) is 0 Å². The van der Waals surface area contributed by atoms with Gasteiger partial charge in [-0.05, 0) is 49.9 Å². The molecule has 0 fully saturated rings. The fourth-order valence-electron chi connectivity index (χ4n) is 1.76. The summed E-state index contributed by atoms with van der Waals surface area (Å²) in [7, 11) is 2.01. The SMILES string of the molecule is CNC(CC(C)CN)c1ccc(SC)cc1. The highest BCUT2D eigenvalue weighted by molar-refractivity contribution is 7.98. The average molecular weight is 238 g/mol. The Labute approximate surface area is 103 Å². The Morgan fingerprint density at radius 2 is 1.94 bits per heavy atom. The van der Waals surface area contributed by atoms with Crippen molar-refractivity contribution in [2.24, 2.45) is 11.7 Å². The Morgan fingerprint density at radius 1 is 1.31 bits per heavy atom. The second-order valence-electron chi connectivity index (χ2n) is 4.19. The monoisotopic (exact) mass is 238 g/mol. The van der Waals surface area contributed by atoms with Gasteiger partial charge in [0, 0.05) is 10.9 Å². The van der Waals surface area contributed by atoms with Crippen molar-refractivity contribution in [3.63, 3.8) is 0 Å². The molecule has 1 aromatic carbocycles. The molecule has 0 aliphatic carbocycles. The van der Waals surface area contributed by atoms with Crippen LogP contribution in [0.3, 0.4) is 0 Å². The maximum absolute atomic E-state index is 5.67. The van der Waals surface area contributed by atoms with E-state index in [9.17, 15) is 0 Å². The van der Waals surface area contributed by atoms with Crippen molar-refractivity contribution < 1.29 is 0 Å². The van der Waals surface area contributed by atoms with Crippen LogP contribution in [0.2, 0.25) is 0 Å². The van der Waals surface area contributed by atoms with Gasteiger partial charge in [0.05, 0.1) is 0 Å². The van der Waals surface area contributed by atoms with Crippen LogP contribution in [0.15, 0.2) is 29.2 Å². The Kier molecular flexibility index (Phi) is 5.88. The lowest BCUT2D eigenvalue weighted by Crippen LogP contribution is -2.22. The molecule has 0 saturated carbocycles. The van der Waals surface area contributed by atoms with Gasteiger partial charge >= 0.3 is 0 Å². The van der Waals surface area contributed by atoms with Crippen molar-refractivity contribution in [2.45, 2.75) is 24.3 Å². The van der Waals surface area contributed by atoms with E-state index in [0.29, 0.717) is 12.0 Å². The molecule has 2 atom stereocenters. The molecule has 0 aliphatic heterocycles. The lowest BCUT2D eigenvalue weighted by Gasteiger charge is -2.20. The molecule has 0 aromatic heterocycles. The van der Waals surface area contributed by atoms with E-state index in [4.69, 9.17) is 5.73 Å². The molecule has 3 N–H and O–H groups in total. The molecule has 0 heterocycles. The molecule has 0 saturated heterocycles. The molecule has 90 valence electrons. The Hall–Kier alpha value is -0.510. The zero-order chi connectivity index (χ0) is 12.0. The van der Waals surface area contributed by atoms with Crippen LogP contribution in [0.25, 0.3) is 0 Å². The van der Waals surface area contributed by atoms with Gasteiger partial charge in [-0.15, -0.1) is 11.8 Å². The first-order valence-corrected chi connectivity index (χ1v) is 6.95. The summed E-state index contributed by atoms with van der Waals surface area (Å²) in [5.41, 5.74) is 7.02. The molecule has 0 radical (unpaired) electrons. The van der Waals surface area contributed by atoms with Gasteiger partial charge in [0.25, 0.3) is 0 Å². The number of thioether (sulfide) groups is 1. The Morgan fingerprint density at radius 3 is 2.38 bits per heavy atom. The highest BCUT2D eigenvalue weighted by Gasteiger charge is 2.12. The topological polar surface area (TPSA) is 38.0 Å². The highest BCUT2D eigenvalue weighted by atomic mass is 32.2. The minimum atomic E-state index is 0.412. The fraction of sp³-hybridized carbons (Fsp3) is 0.538. The largest absolute Gasteiger partial charge is 0.330 e. The van der Waals surface area contributed by atoms with E-state index < -0.39 is 0 Å². The van der Waals surface area contributed by atoms with Crippen molar-refractivity contribution in [3.8, 4) is 0 Å². The molecule has 3 heteroatoms. The predicted molar refractivity (Wildman–Crippen MR) is 72.9 cm³/mol. The van der Waals surface area contributed by atoms with Crippen molar-refractivity contribution in [1.29, 1.82) is 0 Å². The normalized spacial score (nSPS) is 14.8. The summed E-state index contributed by atoms with van der Waals surface area (Å²) in [6.45, 7) is 2.95. The molecule has 0 amide bonds. The van der Waals surface area contributed by atoms with Crippen LogP contribution >= 0.6 is 11.8 Å². The zero-order valence-corrected chi connectivity index (χ0v) is 11.2. The van der Waals surface area contributed by atoms with Crippen LogP contribution < -0.4 is 11.1 Å². The lowest BCUT2D eigenvalue weighted by molar-refractivity contribution is 0.438. The number of nitrogens with one attached hydrogen (secondary N) is 1. The van der Waals surface area contributed by atoms with Crippen LogP contribution in [0, 0.1) is 5.92 Å². The number of rotatable bonds is 6. The van der Waals surface area contributed by atoms with Crippen LogP contribution in [-0.2, 0) is 0 Å². The van der Waals surface area contributed by atoms with Gasteiger partial charge in [-0.25, -0.2) is 0 Å². The summed E-state index contributed by atoms with van der Waals surface area (Å²) >= 11 is 1.77. The summed E-state index contributed by atoms with van der Waals surface area (Å²) in [6.07, 6.45) is 3.19. The minimum Gasteiger partial charge on any atom is -0.330 e. The third-order valence-corrected chi connectivity index (χ3v) is 3.65. The summed E-state index contributed by atoms with van der Waals surface area (Å²) in [6, 6.07) is 9.18. The molecule has 16 heavy (non-hydrogen) atoms. The first-order chi connectivity index (χ1) is 7.71. The first-order valence-electron chi connectivity index (χ1n) is 5.72. The van der Waals surface area contributed by atoms with E-state index in [0.717, 1.165) is 13.0 Å². The number of nitrogens with two attached hydrogens (primary N) is 1. The highest BCUT2D eigenvalue weighted by Crippen LogP contribution is 2.23. The van der Waals surface area contributed by atoms with Crippen LogP contribution in [-0.4, -0.2) is 19.8 Å². The molecule has 0 aliphatic rings. The maximum Gasteiger partial charge on any atom is 0.0320 e. The van der Waals surface area contributed by atoms with E-state index >= 15 is 0 Å². The fourth-order valence-corrected chi connectivity index (χ4v) is 2.16. The Bertz CT molecular complexity index is 297. The lowest BCUT2D eigenvalue weighted by atomic mass is 9.96. The second kappa shape index (κ2) is 6.94.